The molecule has 0 aliphatic rings. The minimum Gasteiger partial charge on any atom is -0.506 e. The molecule has 0 radical (unpaired) electrons. The second-order valence-electron chi connectivity index (χ2n) is 4.38. The topological polar surface area (TPSA) is 49.3 Å². The maximum absolute atomic E-state index is 12.1. The highest BCUT2D eigenvalue weighted by Crippen LogP contribution is 2.26. The van der Waals surface area contributed by atoms with Gasteiger partial charge >= 0.3 is 0 Å². The van der Waals surface area contributed by atoms with Crippen LogP contribution in [0.15, 0.2) is 36.4 Å². The Bertz CT molecular complexity index is 677. The van der Waals surface area contributed by atoms with Crippen molar-refractivity contribution in [3.8, 4) is 5.75 Å². The summed E-state index contributed by atoms with van der Waals surface area (Å²) < 4.78 is 1.57. The van der Waals surface area contributed by atoms with Crippen LogP contribution in [0.5, 0.6) is 5.75 Å². The van der Waals surface area contributed by atoms with Crippen molar-refractivity contribution in [2.24, 2.45) is 0 Å². The number of carbonyl (C=O) groups is 1. The number of nitrogens with one attached hydrogen (secondary N) is 1. The molecule has 0 aliphatic carbocycles. The zero-order chi connectivity index (χ0) is 15.4. The zero-order valence-corrected chi connectivity index (χ0v) is 15.9. The van der Waals surface area contributed by atoms with Gasteiger partial charge in [-0.25, -0.2) is 0 Å². The van der Waals surface area contributed by atoms with Gasteiger partial charge in [-0.3, -0.25) is 4.79 Å². The second-order valence-corrected chi connectivity index (χ2v) is 7.20. The van der Waals surface area contributed by atoms with E-state index in [0.717, 1.165) is 9.13 Å². The van der Waals surface area contributed by atoms with Crippen LogP contribution in [-0.2, 0) is 6.42 Å². The van der Waals surface area contributed by atoms with Gasteiger partial charge in [0, 0.05) is 15.1 Å². The number of phenolic OH excluding ortho intramolecular Hbond substituents is 1. The second kappa shape index (κ2) is 7.64. The number of phenols is 1. The summed E-state index contributed by atoms with van der Waals surface area (Å²) in [5.41, 5.74) is 1.28. The fourth-order valence-corrected chi connectivity index (χ4v) is 3.92. The van der Waals surface area contributed by atoms with Crippen LogP contribution in [0, 0.1) is 7.14 Å². The minimum absolute atomic E-state index is 0.0197. The van der Waals surface area contributed by atoms with E-state index >= 15 is 0 Å². The SMILES string of the molecule is O=C(NCCc1ccccc1Cl)c1cc(I)cc(I)c1O. The lowest BCUT2D eigenvalue weighted by Crippen LogP contribution is -2.26. The molecular weight excluding hydrogens is 515 g/mol. The van der Waals surface area contributed by atoms with E-state index in [4.69, 9.17) is 11.6 Å². The third-order valence-electron chi connectivity index (χ3n) is 2.91. The standard InChI is InChI=1S/C15H12ClI2NO2/c16-12-4-2-1-3-9(12)5-6-19-15(21)11-7-10(17)8-13(18)14(11)20/h1-4,7-8,20H,5-6H2,(H,19,21). The highest BCUT2D eigenvalue weighted by Gasteiger charge is 2.14. The summed E-state index contributed by atoms with van der Waals surface area (Å²) in [7, 11) is 0. The Balaban J connectivity index is 2.01. The average molecular weight is 528 g/mol. The van der Waals surface area contributed by atoms with Crippen molar-refractivity contribution in [1.29, 1.82) is 0 Å². The summed E-state index contributed by atoms with van der Waals surface area (Å²) >= 11 is 10.2. The Hall–Kier alpha value is -0.540. The molecule has 3 nitrogen and oxygen atoms in total. The first-order valence-corrected chi connectivity index (χ1v) is 8.72. The maximum atomic E-state index is 12.1. The van der Waals surface area contributed by atoms with E-state index < -0.39 is 0 Å². The van der Waals surface area contributed by atoms with Gasteiger partial charge in [-0.2, -0.15) is 0 Å². The number of carbonyl (C=O) groups excluding carboxylic acids is 1. The van der Waals surface area contributed by atoms with Crippen molar-refractivity contribution in [2.45, 2.75) is 6.42 Å². The first kappa shape index (κ1) is 16.8. The molecule has 2 N–H and O–H groups in total. The molecule has 0 saturated heterocycles. The molecule has 2 aromatic rings. The van der Waals surface area contributed by atoms with Gasteiger partial charge < -0.3 is 10.4 Å². The Morgan fingerprint density at radius 2 is 1.95 bits per heavy atom. The predicted molar refractivity (Wildman–Crippen MR) is 101 cm³/mol. The molecule has 1 amide bonds. The van der Waals surface area contributed by atoms with Crippen molar-refractivity contribution in [2.75, 3.05) is 6.54 Å². The zero-order valence-electron chi connectivity index (χ0n) is 10.9. The quantitative estimate of drug-likeness (QED) is 0.585. The summed E-state index contributed by atoms with van der Waals surface area (Å²) in [4.78, 5) is 12.1. The summed E-state index contributed by atoms with van der Waals surface area (Å²) in [5.74, 6) is -0.262. The fourth-order valence-electron chi connectivity index (χ4n) is 1.85. The van der Waals surface area contributed by atoms with Crippen molar-refractivity contribution < 1.29 is 9.90 Å². The van der Waals surface area contributed by atoms with Gasteiger partial charge in [-0.15, -0.1) is 0 Å². The highest BCUT2D eigenvalue weighted by atomic mass is 127. The van der Waals surface area contributed by atoms with Crippen LogP contribution in [0.25, 0.3) is 0 Å². The van der Waals surface area contributed by atoms with E-state index in [9.17, 15) is 9.90 Å². The van der Waals surface area contributed by atoms with E-state index in [0.29, 0.717) is 27.1 Å². The number of amides is 1. The van der Waals surface area contributed by atoms with Crippen molar-refractivity contribution in [3.05, 3.63) is 59.7 Å². The summed E-state index contributed by atoms with van der Waals surface area (Å²) in [5, 5.41) is 13.5. The number of halogens is 3. The lowest BCUT2D eigenvalue weighted by molar-refractivity contribution is 0.0951. The molecule has 21 heavy (non-hydrogen) atoms. The fraction of sp³-hybridized carbons (Fsp3) is 0.133. The molecule has 0 aromatic heterocycles. The Morgan fingerprint density at radius 3 is 2.67 bits per heavy atom. The smallest absolute Gasteiger partial charge is 0.255 e. The van der Waals surface area contributed by atoms with Gasteiger partial charge in [0.05, 0.1) is 9.13 Å². The van der Waals surface area contributed by atoms with Gasteiger partial charge in [-0.1, -0.05) is 29.8 Å². The third-order valence-corrected chi connectivity index (χ3v) is 4.72. The summed E-state index contributed by atoms with van der Waals surface area (Å²) in [6.45, 7) is 0.462. The van der Waals surface area contributed by atoms with Crippen LogP contribution in [0.3, 0.4) is 0 Å². The molecule has 0 heterocycles. The molecule has 0 aliphatic heterocycles. The maximum Gasteiger partial charge on any atom is 0.255 e. The van der Waals surface area contributed by atoms with Crippen LogP contribution in [0.4, 0.5) is 0 Å². The number of benzene rings is 2. The van der Waals surface area contributed by atoms with E-state index in [1.54, 1.807) is 6.07 Å². The molecule has 0 atom stereocenters. The number of rotatable bonds is 4. The van der Waals surface area contributed by atoms with E-state index in [2.05, 4.69) is 27.9 Å². The molecule has 2 rings (SSSR count). The summed E-state index contributed by atoms with van der Waals surface area (Å²) in [6.07, 6.45) is 0.646. The molecule has 0 fully saturated rings. The Morgan fingerprint density at radius 1 is 1.24 bits per heavy atom. The van der Waals surface area contributed by atoms with E-state index in [-0.39, 0.29) is 11.7 Å². The molecular formula is C15H12ClI2NO2. The van der Waals surface area contributed by atoms with Crippen molar-refractivity contribution in [1.82, 2.24) is 5.32 Å². The van der Waals surface area contributed by atoms with Crippen LogP contribution >= 0.6 is 56.8 Å². The van der Waals surface area contributed by atoms with Gasteiger partial charge in [0.2, 0.25) is 0 Å². The molecule has 0 bridgehead atoms. The van der Waals surface area contributed by atoms with Crippen LogP contribution < -0.4 is 5.32 Å². The average Bonchev–Trinajstić information content (AvgIpc) is 2.44. The first-order valence-electron chi connectivity index (χ1n) is 6.18. The molecule has 2 aromatic carbocycles. The van der Waals surface area contributed by atoms with Gasteiger partial charge in [-0.05, 0) is 75.4 Å². The Labute approximate surface area is 155 Å². The predicted octanol–water partition coefficient (Wildman–Crippen LogP) is 4.23. The first-order chi connectivity index (χ1) is 9.99. The van der Waals surface area contributed by atoms with Gasteiger partial charge in [0.25, 0.3) is 5.91 Å². The normalized spacial score (nSPS) is 10.4. The monoisotopic (exact) mass is 527 g/mol. The minimum atomic E-state index is -0.281. The van der Waals surface area contributed by atoms with Crippen molar-refractivity contribution >= 4 is 62.7 Å². The van der Waals surface area contributed by atoms with Gasteiger partial charge in [0.1, 0.15) is 5.75 Å². The molecule has 0 spiro atoms. The van der Waals surface area contributed by atoms with Crippen molar-refractivity contribution in [3.63, 3.8) is 0 Å². The summed E-state index contributed by atoms with van der Waals surface area (Å²) in [6, 6.07) is 11.0. The van der Waals surface area contributed by atoms with Crippen LogP contribution in [0.2, 0.25) is 5.02 Å². The van der Waals surface area contributed by atoms with E-state index in [1.165, 1.54) is 0 Å². The van der Waals surface area contributed by atoms with Crippen LogP contribution in [-0.4, -0.2) is 17.6 Å². The van der Waals surface area contributed by atoms with E-state index in [1.807, 2.05) is 52.9 Å². The lowest BCUT2D eigenvalue weighted by Gasteiger charge is -2.09. The number of hydrogen-bond acceptors (Lipinski definition) is 2. The largest absolute Gasteiger partial charge is 0.506 e. The number of aromatic hydroxyl groups is 1. The Kier molecular flexibility index (Phi) is 6.12. The third kappa shape index (κ3) is 4.46. The van der Waals surface area contributed by atoms with Crippen LogP contribution in [0.1, 0.15) is 15.9 Å². The van der Waals surface area contributed by atoms with Gasteiger partial charge in [0.15, 0.2) is 0 Å². The molecule has 0 saturated carbocycles. The molecule has 110 valence electrons. The number of hydrogen-bond donors (Lipinski definition) is 2. The lowest BCUT2D eigenvalue weighted by atomic mass is 10.1. The molecule has 0 unspecified atom stereocenters. The highest BCUT2D eigenvalue weighted by molar-refractivity contribution is 14.1. The molecule has 6 heteroatoms.